The average molecular weight is 460 g/mol. The Hall–Kier alpha value is -4.14. The van der Waals surface area contributed by atoms with Crippen molar-refractivity contribution in [2.24, 2.45) is 0 Å². The number of nitrogens with one attached hydrogen (secondary N) is 4. The van der Waals surface area contributed by atoms with E-state index in [9.17, 15) is 19.2 Å². The van der Waals surface area contributed by atoms with Crippen molar-refractivity contribution in [3.8, 4) is 0 Å². The number of aromatic amines is 1. The van der Waals surface area contributed by atoms with Crippen LogP contribution in [0.5, 0.6) is 0 Å². The summed E-state index contributed by atoms with van der Waals surface area (Å²) in [6, 6.07) is 15.3. The molecule has 0 aliphatic carbocycles. The molecule has 1 atom stereocenters. The van der Waals surface area contributed by atoms with Gasteiger partial charge in [-0.1, -0.05) is 30.3 Å². The number of carbonyl (C=O) groups excluding carboxylic acids is 4. The maximum absolute atomic E-state index is 12.9. The Morgan fingerprint density at radius 1 is 1.00 bits per heavy atom. The highest BCUT2D eigenvalue weighted by Gasteiger charge is 2.31. The van der Waals surface area contributed by atoms with Crippen LogP contribution < -0.4 is 16.0 Å². The van der Waals surface area contributed by atoms with Gasteiger partial charge in [-0.2, -0.15) is 0 Å². The highest BCUT2D eigenvalue weighted by molar-refractivity contribution is 6.10. The summed E-state index contributed by atoms with van der Waals surface area (Å²) in [7, 11) is 0. The normalized spacial score (nSPS) is 18.6. The van der Waals surface area contributed by atoms with Crippen LogP contribution in [0.15, 0.2) is 54.6 Å². The smallest absolute Gasteiger partial charge is 0.270 e. The van der Waals surface area contributed by atoms with Crippen LogP contribution in [0.25, 0.3) is 10.9 Å². The zero-order valence-corrected chi connectivity index (χ0v) is 18.5. The quantitative estimate of drug-likeness (QED) is 0.477. The summed E-state index contributed by atoms with van der Waals surface area (Å²) in [4.78, 5) is 55.4. The number of fused-ring (bicyclic) bond motifs is 2. The van der Waals surface area contributed by atoms with Crippen molar-refractivity contribution in [1.82, 2.24) is 20.5 Å². The maximum atomic E-state index is 12.9. The van der Waals surface area contributed by atoms with Crippen LogP contribution in [0.3, 0.4) is 0 Å². The summed E-state index contributed by atoms with van der Waals surface area (Å²) in [5.41, 5.74) is 2.27. The number of rotatable bonds is 4. The van der Waals surface area contributed by atoms with E-state index < -0.39 is 17.9 Å². The summed E-state index contributed by atoms with van der Waals surface area (Å²) in [6.45, 7) is 1.05. The third-order valence-electron chi connectivity index (χ3n) is 6.35. The van der Waals surface area contributed by atoms with Crippen molar-refractivity contribution < 1.29 is 19.2 Å². The largest absolute Gasteiger partial charge is 0.353 e. The first kappa shape index (κ1) is 21.7. The van der Waals surface area contributed by atoms with E-state index in [0.717, 1.165) is 10.9 Å². The van der Waals surface area contributed by atoms with E-state index >= 15 is 0 Å². The Kier molecular flexibility index (Phi) is 5.75. The van der Waals surface area contributed by atoms with Crippen molar-refractivity contribution in [3.05, 3.63) is 65.9 Å². The molecule has 1 saturated heterocycles. The van der Waals surface area contributed by atoms with Crippen LogP contribution in [0.1, 0.15) is 40.1 Å². The van der Waals surface area contributed by atoms with Gasteiger partial charge in [-0.25, -0.2) is 0 Å². The monoisotopic (exact) mass is 459 g/mol. The summed E-state index contributed by atoms with van der Waals surface area (Å²) in [5.74, 6) is -1.19. The Bertz CT molecular complexity index is 1240. The maximum Gasteiger partial charge on any atom is 0.270 e. The first-order valence-electron chi connectivity index (χ1n) is 11.3. The van der Waals surface area contributed by atoms with Gasteiger partial charge in [0, 0.05) is 30.0 Å². The standard InChI is InChI=1S/C25H25N5O4/c31-22(14-20-24(33)28-19-8-4-2-6-17(19)23(32)29-20)26-16-9-11-30(12-10-16)25(34)21-13-15-5-1-3-7-18(15)27-21/h1-8,13,16,20,27H,9-12,14H2,(H,26,31)(H,28,33)(H,29,32)/t20-/m0/s1. The second-order valence-corrected chi connectivity index (χ2v) is 8.67. The number of amides is 4. The van der Waals surface area contributed by atoms with E-state index in [2.05, 4.69) is 20.9 Å². The molecule has 4 N–H and O–H groups in total. The molecule has 3 heterocycles. The molecule has 174 valence electrons. The van der Waals surface area contributed by atoms with Gasteiger partial charge in [-0.15, -0.1) is 0 Å². The van der Waals surface area contributed by atoms with Gasteiger partial charge in [0.25, 0.3) is 11.8 Å². The molecule has 9 nitrogen and oxygen atoms in total. The Morgan fingerprint density at radius 2 is 1.74 bits per heavy atom. The number of anilines is 1. The molecule has 0 bridgehead atoms. The van der Waals surface area contributed by atoms with Gasteiger partial charge in [0.15, 0.2) is 0 Å². The Morgan fingerprint density at radius 3 is 2.53 bits per heavy atom. The topological polar surface area (TPSA) is 123 Å². The number of piperidine rings is 1. The van der Waals surface area contributed by atoms with Crippen LogP contribution in [0.2, 0.25) is 0 Å². The summed E-state index contributed by atoms with van der Waals surface area (Å²) < 4.78 is 0. The summed E-state index contributed by atoms with van der Waals surface area (Å²) in [5, 5.41) is 9.28. The van der Waals surface area contributed by atoms with Crippen molar-refractivity contribution in [2.45, 2.75) is 31.3 Å². The minimum absolute atomic E-state index is 0.0571. The molecule has 0 unspecified atom stereocenters. The molecule has 9 heteroatoms. The number of hydrogen-bond acceptors (Lipinski definition) is 4. The van der Waals surface area contributed by atoms with E-state index in [1.165, 1.54) is 0 Å². The van der Waals surface area contributed by atoms with Gasteiger partial charge in [0.05, 0.1) is 17.7 Å². The van der Waals surface area contributed by atoms with Gasteiger partial charge in [0.1, 0.15) is 11.7 Å². The molecule has 0 saturated carbocycles. The summed E-state index contributed by atoms with van der Waals surface area (Å²) >= 11 is 0. The number of H-pyrrole nitrogens is 1. The van der Waals surface area contributed by atoms with Crippen LogP contribution in [-0.2, 0) is 9.59 Å². The Labute approximate surface area is 195 Å². The van der Waals surface area contributed by atoms with Gasteiger partial charge >= 0.3 is 0 Å². The fraction of sp³-hybridized carbons (Fsp3) is 0.280. The molecule has 2 aliphatic heterocycles. The molecular weight excluding hydrogens is 434 g/mol. The molecule has 1 fully saturated rings. The first-order chi connectivity index (χ1) is 16.5. The predicted molar refractivity (Wildman–Crippen MR) is 126 cm³/mol. The van der Waals surface area contributed by atoms with Crippen LogP contribution in [0, 0.1) is 0 Å². The zero-order valence-electron chi connectivity index (χ0n) is 18.5. The van der Waals surface area contributed by atoms with Crippen LogP contribution >= 0.6 is 0 Å². The van der Waals surface area contributed by atoms with E-state index in [0.29, 0.717) is 42.9 Å². The number of nitrogens with zero attached hydrogens (tertiary/aromatic N) is 1. The molecule has 2 aliphatic rings. The van der Waals surface area contributed by atoms with E-state index in [1.807, 2.05) is 30.3 Å². The van der Waals surface area contributed by atoms with Gasteiger partial charge in [0.2, 0.25) is 11.8 Å². The van der Waals surface area contributed by atoms with E-state index in [-0.39, 0.29) is 24.3 Å². The van der Waals surface area contributed by atoms with Crippen molar-refractivity contribution >= 4 is 40.2 Å². The lowest BCUT2D eigenvalue weighted by Gasteiger charge is -2.32. The van der Waals surface area contributed by atoms with Crippen molar-refractivity contribution in [3.63, 3.8) is 0 Å². The van der Waals surface area contributed by atoms with Crippen LogP contribution in [-0.4, -0.2) is 58.7 Å². The Balaban J connectivity index is 1.14. The number of carbonyl (C=O) groups is 4. The SMILES string of the molecule is O=C(C[C@@H]1NC(=O)c2ccccc2NC1=O)NC1CCN(C(=O)c2cc3ccccc3[nH]2)CC1. The predicted octanol–water partition coefficient (Wildman–Crippen LogP) is 2.03. The second-order valence-electron chi connectivity index (χ2n) is 8.67. The molecule has 0 spiro atoms. The average Bonchev–Trinajstić information content (AvgIpc) is 3.23. The van der Waals surface area contributed by atoms with Gasteiger partial charge in [-0.05, 0) is 37.1 Å². The number of aromatic nitrogens is 1. The van der Waals surface area contributed by atoms with Gasteiger partial charge in [-0.3, -0.25) is 19.2 Å². The van der Waals surface area contributed by atoms with Crippen molar-refractivity contribution in [2.75, 3.05) is 18.4 Å². The van der Waals surface area contributed by atoms with Crippen molar-refractivity contribution in [1.29, 1.82) is 0 Å². The molecule has 1 aromatic heterocycles. The third-order valence-corrected chi connectivity index (χ3v) is 6.35. The van der Waals surface area contributed by atoms with Crippen LogP contribution in [0.4, 0.5) is 5.69 Å². The lowest BCUT2D eigenvalue weighted by molar-refractivity contribution is -0.126. The fourth-order valence-corrected chi connectivity index (χ4v) is 4.51. The summed E-state index contributed by atoms with van der Waals surface area (Å²) in [6.07, 6.45) is 1.08. The number of hydrogen-bond donors (Lipinski definition) is 4. The molecule has 4 amide bonds. The lowest BCUT2D eigenvalue weighted by Crippen LogP contribution is -2.49. The van der Waals surface area contributed by atoms with E-state index in [1.54, 1.807) is 29.2 Å². The molecule has 0 radical (unpaired) electrons. The lowest BCUT2D eigenvalue weighted by atomic mass is 10.0. The van der Waals surface area contributed by atoms with E-state index in [4.69, 9.17) is 0 Å². The third kappa shape index (κ3) is 4.36. The minimum Gasteiger partial charge on any atom is -0.353 e. The minimum atomic E-state index is -0.955. The molecule has 34 heavy (non-hydrogen) atoms. The van der Waals surface area contributed by atoms with Gasteiger partial charge < -0.3 is 25.8 Å². The number of para-hydroxylation sites is 2. The highest BCUT2D eigenvalue weighted by atomic mass is 16.2. The first-order valence-corrected chi connectivity index (χ1v) is 11.3. The number of likely N-dealkylation sites (tertiary alicyclic amines) is 1. The zero-order chi connectivity index (χ0) is 23.7. The molecule has 3 aromatic rings. The fourth-order valence-electron chi connectivity index (χ4n) is 4.51. The number of benzene rings is 2. The molecule has 5 rings (SSSR count). The molecular formula is C25H25N5O4. The second kappa shape index (κ2) is 9.01. The molecule has 2 aromatic carbocycles. The highest BCUT2D eigenvalue weighted by Crippen LogP contribution is 2.20.